The molecule has 4 heteroatoms. The van der Waals surface area contributed by atoms with Gasteiger partial charge in [0, 0.05) is 32.4 Å². The average molecular weight is 249 g/mol. The molecule has 0 amide bonds. The first-order valence-electron chi connectivity index (χ1n) is 6.54. The maximum Gasteiger partial charge on any atom is 0.120 e. The quantitative estimate of drug-likeness (QED) is 0.718. The lowest BCUT2D eigenvalue weighted by atomic mass is 10.2. The van der Waals surface area contributed by atoms with E-state index in [0.717, 1.165) is 38.4 Å². The van der Waals surface area contributed by atoms with Gasteiger partial charge in [-0.25, -0.2) is 0 Å². The van der Waals surface area contributed by atoms with Crippen LogP contribution in [0.2, 0.25) is 0 Å². The smallest absolute Gasteiger partial charge is 0.120 e. The maximum atomic E-state index is 8.94. The van der Waals surface area contributed by atoms with Gasteiger partial charge in [-0.05, 0) is 25.0 Å². The van der Waals surface area contributed by atoms with Crippen LogP contribution in [0.25, 0.3) is 0 Å². The molecule has 4 nitrogen and oxygen atoms in total. The van der Waals surface area contributed by atoms with Gasteiger partial charge in [0.25, 0.3) is 0 Å². The fraction of sp³-hybridized carbons (Fsp3) is 0.643. The molecule has 0 aliphatic rings. The third-order valence-corrected chi connectivity index (χ3v) is 3.14. The standard InChI is InChI=1S/C14H23N3O/c1-4-5-7-18-8-6-16-11-13-9-14(10-15)17(3)12(13)2/h9,16H,4-8,11H2,1-3H3. The molecule has 0 aliphatic carbocycles. The van der Waals surface area contributed by atoms with Crippen molar-refractivity contribution in [3.8, 4) is 6.07 Å². The molecule has 0 aromatic carbocycles. The molecule has 1 heterocycles. The van der Waals surface area contributed by atoms with E-state index in [1.165, 1.54) is 12.0 Å². The zero-order valence-corrected chi connectivity index (χ0v) is 11.6. The molecule has 1 N–H and O–H groups in total. The Morgan fingerprint density at radius 1 is 1.44 bits per heavy atom. The van der Waals surface area contributed by atoms with Gasteiger partial charge in [0.05, 0.1) is 6.61 Å². The number of nitrogens with one attached hydrogen (secondary N) is 1. The second-order valence-electron chi connectivity index (χ2n) is 4.45. The number of hydrogen-bond acceptors (Lipinski definition) is 3. The van der Waals surface area contributed by atoms with Crippen LogP contribution in [0.15, 0.2) is 6.07 Å². The first-order valence-corrected chi connectivity index (χ1v) is 6.54. The van der Waals surface area contributed by atoms with Gasteiger partial charge in [0.1, 0.15) is 11.8 Å². The summed E-state index contributed by atoms with van der Waals surface area (Å²) in [5.41, 5.74) is 3.04. The van der Waals surface area contributed by atoms with E-state index in [-0.39, 0.29) is 0 Å². The summed E-state index contributed by atoms with van der Waals surface area (Å²) >= 11 is 0. The van der Waals surface area contributed by atoms with Gasteiger partial charge < -0.3 is 14.6 Å². The first kappa shape index (κ1) is 14.7. The minimum absolute atomic E-state index is 0.712. The topological polar surface area (TPSA) is 50.0 Å². The summed E-state index contributed by atoms with van der Waals surface area (Å²) in [6, 6.07) is 4.14. The lowest BCUT2D eigenvalue weighted by molar-refractivity contribution is 0.133. The predicted molar refractivity (Wildman–Crippen MR) is 72.3 cm³/mol. The molecular formula is C14H23N3O. The Hall–Kier alpha value is -1.31. The Kier molecular flexibility index (Phi) is 6.48. The summed E-state index contributed by atoms with van der Waals surface area (Å²) in [5.74, 6) is 0. The van der Waals surface area contributed by atoms with E-state index in [9.17, 15) is 0 Å². The number of nitrogens with zero attached hydrogens (tertiary/aromatic N) is 2. The molecule has 0 aliphatic heterocycles. The molecule has 0 spiro atoms. The summed E-state index contributed by atoms with van der Waals surface area (Å²) in [4.78, 5) is 0. The molecular weight excluding hydrogens is 226 g/mol. The number of unbranched alkanes of at least 4 members (excludes halogenated alkanes) is 1. The van der Waals surface area contributed by atoms with Crippen LogP contribution in [0.3, 0.4) is 0 Å². The zero-order valence-electron chi connectivity index (χ0n) is 11.6. The molecule has 100 valence electrons. The minimum Gasteiger partial charge on any atom is -0.380 e. The molecule has 0 bridgehead atoms. The van der Waals surface area contributed by atoms with E-state index in [1.54, 1.807) is 0 Å². The third-order valence-electron chi connectivity index (χ3n) is 3.14. The first-order chi connectivity index (χ1) is 8.70. The number of aromatic nitrogens is 1. The monoisotopic (exact) mass is 249 g/mol. The normalized spacial score (nSPS) is 10.6. The molecule has 0 unspecified atom stereocenters. The van der Waals surface area contributed by atoms with Crippen LogP contribution in [0.4, 0.5) is 0 Å². The van der Waals surface area contributed by atoms with Crippen molar-refractivity contribution in [2.45, 2.75) is 33.2 Å². The predicted octanol–water partition coefficient (Wildman–Crippen LogP) is 2.11. The van der Waals surface area contributed by atoms with E-state index in [0.29, 0.717) is 5.69 Å². The van der Waals surface area contributed by atoms with Crippen molar-refractivity contribution < 1.29 is 4.74 Å². The van der Waals surface area contributed by atoms with Crippen molar-refractivity contribution in [1.82, 2.24) is 9.88 Å². The summed E-state index contributed by atoms with van der Waals surface area (Å²) in [6.07, 6.45) is 2.30. The van der Waals surface area contributed by atoms with Crippen LogP contribution in [0, 0.1) is 18.3 Å². The molecule has 0 saturated carbocycles. The van der Waals surface area contributed by atoms with Crippen LogP contribution >= 0.6 is 0 Å². The Morgan fingerprint density at radius 3 is 2.83 bits per heavy atom. The van der Waals surface area contributed by atoms with Crippen LogP contribution in [0.5, 0.6) is 0 Å². The Balaban J connectivity index is 2.26. The number of ether oxygens (including phenoxy) is 1. The molecule has 0 atom stereocenters. The summed E-state index contributed by atoms with van der Waals surface area (Å²) < 4.78 is 7.40. The third kappa shape index (κ3) is 4.17. The van der Waals surface area contributed by atoms with Crippen molar-refractivity contribution in [2.24, 2.45) is 7.05 Å². The van der Waals surface area contributed by atoms with E-state index >= 15 is 0 Å². The SMILES string of the molecule is CCCCOCCNCc1cc(C#N)n(C)c1C. The second kappa shape index (κ2) is 7.91. The van der Waals surface area contributed by atoms with Crippen LogP contribution < -0.4 is 5.32 Å². The van der Waals surface area contributed by atoms with Gasteiger partial charge >= 0.3 is 0 Å². The highest BCUT2D eigenvalue weighted by Gasteiger charge is 2.07. The van der Waals surface area contributed by atoms with Crippen LogP contribution in [0.1, 0.15) is 36.7 Å². The highest BCUT2D eigenvalue weighted by atomic mass is 16.5. The van der Waals surface area contributed by atoms with Gasteiger partial charge in [0.15, 0.2) is 0 Å². The van der Waals surface area contributed by atoms with E-state index in [1.807, 2.05) is 24.6 Å². The molecule has 18 heavy (non-hydrogen) atoms. The Morgan fingerprint density at radius 2 is 2.22 bits per heavy atom. The van der Waals surface area contributed by atoms with Crippen molar-refractivity contribution >= 4 is 0 Å². The van der Waals surface area contributed by atoms with Gasteiger partial charge in [-0.3, -0.25) is 0 Å². The van der Waals surface area contributed by atoms with Crippen molar-refractivity contribution in [3.05, 3.63) is 23.0 Å². The highest BCUT2D eigenvalue weighted by Crippen LogP contribution is 2.12. The molecule has 0 radical (unpaired) electrons. The lowest BCUT2D eigenvalue weighted by Gasteiger charge is -2.06. The highest BCUT2D eigenvalue weighted by molar-refractivity contribution is 5.33. The zero-order chi connectivity index (χ0) is 13.4. The fourth-order valence-electron chi connectivity index (χ4n) is 1.76. The maximum absolute atomic E-state index is 8.94. The molecule has 1 aromatic rings. The van der Waals surface area contributed by atoms with E-state index in [2.05, 4.69) is 18.3 Å². The van der Waals surface area contributed by atoms with Crippen LogP contribution in [-0.4, -0.2) is 24.3 Å². The van der Waals surface area contributed by atoms with E-state index < -0.39 is 0 Å². The van der Waals surface area contributed by atoms with Gasteiger partial charge in [-0.1, -0.05) is 13.3 Å². The number of nitriles is 1. The van der Waals surface area contributed by atoms with Gasteiger partial charge in [-0.15, -0.1) is 0 Å². The fourth-order valence-corrected chi connectivity index (χ4v) is 1.76. The average Bonchev–Trinajstić information content (AvgIpc) is 2.65. The second-order valence-corrected chi connectivity index (χ2v) is 4.45. The summed E-state index contributed by atoms with van der Waals surface area (Å²) in [5, 5.41) is 12.3. The Labute approximate surface area is 110 Å². The number of hydrogen-bond donors (Lipinski definition) is 1. The van der Waals surface area contributed by atoms with Crippen molar-refractivity contribution in [2.75, 3.05) is 19.8 Å². The van der Waals surface area contributed by atoms with Gasteiger partial charge in [0.2, 0.25) is 0 Å². The Bertz CT molecular complexity index is 404. The van der Waals surface area contributed by atoms with Crippen molar-refractivity contribution in [3.63, 3.8) is 0 Å². The summed E-state index contributed by atoms with van der Waals surface area (Å²) in [6.45, 7) is 7.43. The molecule has 0 fully saturated rings. The lowest BCUT2D eigenvalue weighted by Crippen LogP contribution is -2.19. The molecule has 0 saturated heterocycles. The summed E-state index contributed by atoms with van der Waals surface area (Å²) in [7, 11) is 1.92. The largest absolute Gasteiger partial charge is 0.380 e. The van der Waals surface area contributed by atoms with Crippen LogP contribution in [-0.2, 0) is 18.3 Å². The van der Waals surface area contributed by atoms with Crippen molar-refractivity contribution in [1.29, 1.82) is 5.26 Å². The van der Waals surface area contributed by atoms with Gasteiger partial charge in [-0.2, -0.15) is 5.26 Å². The van der Waals surface area contributed by atoms with E-state index in [4.69, 9.17) is 10.00 Å². The number of rotatable bonds is 8. The molecule has 1 aromatic heterocycles. The molecule has 1 rings (SSSR count). The minimum atomic E-state index is 0.712.